The molecule has 3 N–H and O–H groups in total. The standard InChI is InChI=1S/C10H12ClF2NO.ClH/c11-6-4-7(12)10(8(13)5-6)9(14)2-1-3-15;/h4-5,9,15H,1-3,14H2;1H/t9-;/m1./s1. The van der Waals surface area contributed by atoms with Crippen molar-refractivity contribution in [3.8, 4) is 0 Å². The highest BCUT2D eigenvalue weighted by molar-refractivity contribution is 6.30. The fourth-order valence-electron chi connectivity index (χ4n) is 1.36. The molecule has 0 unspecified atom stereocenters. The summed E-state index contributed by atoms with van der Waals surface area (Å²) in [5.41, 5.74) is 5.43. The molecule has 0 aliphatic heterocycles. The van der Waals surface area contributed by atoms with E-state index in [1.807, 2.05) is 0 Å². The van der Waals surface area contributed by atoms with Gasteiger partial charge in [-0.25, -0.2) is 8.78 Å². The lowest BCUT2D eigenvalue weighted by atomic mass is 10.0. The predicted octanol–water partition coefficient (Wildman–Crippen LogP) is 2.81. The Morgan fingerprint density at radius 2 is 1.81 bits per heavy atom. The summed E-state index contributed by atoms with van der Waals surface area (Å²) in [4.78, 5) is 0. The molecular formula is C10H13Cl2F2NO. The van der Waals surface area contributed by atoms with E-state index in [-0.39, 0.29) is 29.6 Å². The molecule has 1 atom stereocenters. The molecule has 0 aliphatic rings. The van der Waals surface area contributed by atoms with Crippen LogP contribution in [-0.2, 0) is 0 Å². The Morgan fingerprint density at radius 1 is 1.31 bits per heavy atom. The van der Waals surface area contributed by atoms with Crippen LogP contribution in [0.25, 0.3) is 0 Å². The molecule has 1 aromatic rings. The molecule has 0 heterocycles. The van der Waals surface area contributed by atoms with Crippen LogP contribution >= 0.6 is 24.0 Å². The second kappa shape index (κ2) is 7.01. The molecule has 0 fully saturated rings. The maximum atomic E-state index is 13.3. The fourth-order valence-corrected chi connectivity index (χ4v) is 1.55. The minimum atomic E-state index is -0.755. The first-order chi connectivity index (χ1) is 7.06. The Bertz CT molecular complexity index is 327. The zero-order valence-electron chi connectivity index (χ0n) is 8.42. The summed E-state index contributed by atoms with van der Waals surface area (Å²) in [6.07, 6.45) is 0.731. The van der Waals surface area contributed by atoms with Crippen LogP contribution in [0.2, 0.25) is 5.02 Å². The second-order valence-electron chi connectivity index (χ2n) is 3.26. The minimum absolute atomic E-state index is 0. The molecule has 0 amide bonds. The number of hydrogen-bond acceptors (Lipinski definition) is 2. The Labute approximate surface area is 104 Å². The van der Waals surface area contributed by atoms with Crippen molar-refractivity contribution in [3.05, 3.63) is 34.4 Å². The van der Waals surface area contributed by atoms with Crippen LogP contribution in [0, 0.1) is 11.6 Å². The van der Waals surface area contributed by atoms with Crippen LogP contribution in [0.3, 0.4) is 0 Å². The molecule has 0 saturated heterocycles. The van der Waals surface area contributed by atoms with Crippen molar-refractivity contribution in [3.63, 3.8) is 0 Å². The van der Waals surface area contributed by atoms with E-state index in [1.165, 1.54) is 0 Å². The molecule has 0 aliphatic carbocycles. The lowest BCUT2D eigenvalue weighted by molar-refractivity contribution is 0.279. The third-order valence-corrected chi connectivity index (χ3v) is 2.31. The van der Waals surface area contributed by atoms with Crippen LogP contribution in [0.5, 0.6) is 0 Å². The molecule has 92 valence electrons. The number of hydrogen-bond donors (Lipinski definition) is 2. The molecule has 0 bridgehead atoms. The van der Waals surface area contributed by atoms with E-state index in [1.54, 1.807) is 0 Å². The van der Waals surface area contributed by atoms with Crippen molar-refractivity contribution < 1.29 is 13.9 Å². The number of rotatable bonds is 4. The molecule has 1 rings (SSSR count). The zero-order chi connectivity index (χ0) is 11.4. The van der Waals surface area contributed by atoms with Gasteiger partial charge in [-0.05, 0) is 25.0 Å². The van der Waals surface area contributed by atoms with Crippen molar-refractivity contribution in [2.75, 3.05) is 6.61 Å². The van der Waals surface area contributed by atoms with Crippen LogP contribution in [-0.4, -0.2) is 11.7 Å². The Morgan fingerprint density at radius 3 is 2.25 bits per heavy atom. The largest absolute Gasteiger partial charge is 0.396 e. The summed E-state index contributed by atoms with van der Waals surface area (Å²) >= 11 is 5.47. The smallest absolute Gasteiger partial charge is 0.132 e. The molecule has 2 nitrogen and oxygen atoms in total. The Kier molecular flexibility index (Phi) is 6.83. The van der Waals surface area contributed by atoms with Gasteiger partial charge in [0.2, 0.25) is 0 Å². The summed E-state index contributed by atoms with van der Waals surface area (Å²) in [7, 11) is 0. The number of benzene rings is 1. The summed E-state index contributed by atoms with van der Waals surface area (Å²) in [5, 5.41) is 8.58. The van der Waals surface area contributed by atoms with Crippen LogP contribution < -0.4 is 5.73 Å². The van der Waals surface area contributed by atoms with E-state index < -0.39 is 17.7 Å². The number of aliphatic hydroxyl groups excluding tert-OH is 1. The molecule has 0 aromatic heterocycles. The highest BCUT2D eigenvalue weighted by Gasteiger charge is 2.17. The van der Waals surface area contributed by atoms with Gasteiger partial charge in [-0.1, -0.05) is 11.6 Å². The van der Waals surface area contributed by atoms with Gasteiger partial charge in [0.05, 0.1) is 0 Å². The SMILES string of the molecule is Cl.N[C@H](CCCO)c1c(F)cc(Cl)cc1F. The Balaban J connectivity index is 0.00000225. The summed E-state index contributed by atoms with van der Waals surface area (Å²) < 4.78 is 26.6. The third-order valence-electron chi connectivity index (χ3n) is 2.09. The van der Waals surface area contributed by atoms with Crippen LogP contribution in [0.1, 0.15) is 24.4 Å². The average molecular weight is 272 g/mol. The lowest BCUT2D eigenvalue weighted by Gasteiger charge is -2.13. The quantitative estimate of drug-likeness (QED) is 0.885. The normalized spacial score (nSPS) is 12.1. The number of aliphatic hydroxyl groups is 1. The van der Waals surface area contributed by atoms with E-state index in [0.717, 1.165) is 12.1 Å². The van der Waals surface area contributed by atoms with Crippen LogP contribution in [0.15, 0.2) is 12.1 Å². The van der Waals surface area contributed by atoms with Crippen molar-refractivity contribution >= 4 is 24.0 Å². The zero-order valence-corrected chi connectivity index (χ0v) is 9.99. The monoisotopic (exact) mass is 271 g/mol. The van der Waals surface area contributed by atoms with E-state index in [0.29, 0.717) is 12.8 Å². The first-order valence-electron chi connectivity index (χ1n) is 4.57. The van der Waals surface area contributed by atoms with Crippen molar-refractivity contribution in [2.24, 2.45) is 5.73 Å². The van der Waals surface area contributed by atoms with E-state index in [4.69, 9.17) is 22.4 Å². The average Bonchev–Trinajstić information content (AvgIpc) is 2.12. The van der Waals surface area contributed by atoms with E-state index >= 15 is 0 Å². The maximum absolute atomic E-state index is 13.3. The first-order valence-corrected chi connectivity index (χ1v) is 4.95. The van der Waals surface area contributed by atoms with Crippen molar-refractivity contribution in [2.45, 2.75) is 18.9 Å². The number of halogens is 4. The predicted molar refractivity (Wildman–Crippen MR) is 61.9 cm³/mol. The lowest BCUT2D eigenvalue weighted by Crippen LogP contribution is -2.14. The molecule has 0 radical (unpaired) electrons. The van der Waals surface area contributed by atoms with Crippen molar-refractivity contribution in [1.29, 1.82) is 0 Å². The molecule has 1 aromatic carbocycles. The van der Waals surface area contributed by atoms with Gasteiger partial charge in [-0.15, -0.1) is 12.4 Å². The van der Waals surface area contributed by atoms with E-state index in [2.05, 4.69) is 0 Å². The molecule has 6 heteroatoms. The van der Waals surface area contributed by atoms with Crippen molar-refractivity contribution in [1.82, 2.24) is 0 Å². The van der Waals surface area contributed by atoms with Gasteiger partial charge in [0.25, 0.3) is 0 Å². The highest BCUT2D eigenvalue weighted by Crippen LogP contribution is 2.25. The maximum Gasteiger partial charge on any atom is 0.132 e. The summed E-state index contributed by atoms with van der Waals surface area (Å²) in [5.74, 6) is -1.49. The van der Waals surface area contributed by atoms with Gasteiger partial charge in [0.15, 0.2) is 0 Å². The second-order valence-corrected chi connectivity index (χ2v) is 3.69. The van der Waals surface area contributed by atoms with Gasteiger partial charge >= 0.3 is 0 Å². The molecule has 0 saturated carbocycles. The first kappa shape index (κ1) is 15.6. The van der Waals surface area contributed by atoms with E-state index in [9.17, 15) is 8.78 Å². The molecule has 0 spiro atoms. The molecular weight excluding hydrogens is 259 g/mol. The summed E-state index contributed by atoms with van der Waals surface area (Å²) in [6.45, 7) is -0.0511. The van der Waals surface area contributed by atoms with Gasteiger partial charge in [-0.3, -0.25) is 0 Å². The third kappa shape index (κ3) is 3.87. The fraction of sp³-hybridized carbons (Fsp3) is 0.400. The molecule has 16 heavy (non-hydrogen) atoms. The minimum Gasteiger partial charge on any atom is -0.396 e. The van der Waals surface area contributed by atoms with Gasteiger partial charge < -0.3 is 10.8 Å². The topological polar surface area (TPSA) is 46.2 Å². The van der Waals surface area contributed by atoms with Gasteiger partial charge in [-0.2, -0.15) is 0 Å². The summed E-state index contributed by atoms with van der Waals surface area (Å²) in [6, 6.07) is 1.30. The Hall–Kier alpha value is -0.420. The van der Waals surface area contributed by atoms with Gasteiger partial charge in [0.1, 0.15) is 11.6 Å². The number of nitrogens with two attached hydrogens (primary N) is 1. The van der Waals surface area contributed by atoms with Crippen LogP contribution in [0.4, 0.5) is 8.78 Å². The van der Waals surface area contributed by atoms with Gasteiger partial charge in [0, 0.05) is 23.2 Å². The highest BCUT2D eigenvalue weighted by atomic mass is 35.5.